The highest BCUT2D eigenvalue weighted by atomic mass is 32.1. The van der Waals surface area contributed by atoms with E-state index in [1.807, 2.05) is 0 Å². The summed E-state index contributed by atoms with van der Waals surface area (Å²) in [6.45, 7) is 5.56. The first-order valence-corrected chi connectivity index (χ1v) is 9.67. The number of amides is 1. The number of rotatable bonds is 4. The Balaban J connectivity index is 1.61. The Hall–Kier alpha value is -1.38. The number of thiophene rings is 1. The van der Waals surface area contributed by atoms with Gasteiger partial charge in [0.1, 0.15) is 11.1 Å². The van der Waals surface area contributed by atoms with Gasteiger partial charge in [-0.05, 0) is 50.0 Å². The van der Waals surface area contributed by atoms with Gasteiger partial charge in [0.25, 0.3) is 0 Å². The summed E-state index contributed by atoms with van der Waals surface area (Å²) in [5, 5.41) is 13.3. The lowest BCUT2D eigenvalue weighted by atomic mass is 9.89. The fourth-order valence-electron chi connectivity index (χ4n) is 3.74. The van der Waals surface area contributed by atoms with Crippen LogP contribution >= 0.6 is 11.3 Å². The molecule has 23 heavy (non-hydrogen) atoms. The van der Waals surface area contributed by atoms with Gasteiger partial charge in [-0.3, -0.25) is 4.79 Å². The molecular weight excluding hydrogens is 306 g/mol. The monoisotopic (exact) mass is 332 g/mol. The average molecular weight is 332 g/mol. The number of quaternary nitrogens is 1. The number of fused-ring (bicyclic) bond motifs is 1. The molecule has 0 unspecified atom stereocenters. The maximum absolute atomic E-state index is 12.3. The van der Waals surface area contributed by atoms with Crippen molar-refractivity contribution in [2.75, 3.05) is 25.0 Å². The minimum Gasteiger partial charge on any atom is -0.335 e. The number of piperidine rings is 1. The Bertz CT molecular complexity index is 611. The van der Waals surface area contributed by atoms with Crippen LogP contribution < -0.4 is 10.2 Å². The largest absolute Gasteiger partial charge is 0.335 e. The Morgan fingerprint density at radius 2 is 2.17 bits per heavy atom. The first-order chi connectivity index (χ1) is 11.2. The summed E-state index contributed by atoms with van der Waals surface area (Å²) in [6, 6.07) is 2.32. The third-order valence-electron chi connectivity index (χ3n) is 5.14. The quantitative estimate of drug-likeness (QED) is 0.887. The highest BCUT2D eigenvalue weighted by Crippen LogP contribution is 2.39. The van der Waals surface area contributed by atoms with Crippen LogP contribution in [0, 0.1) is 17.2 Å². The molecule has 1 aliphatic heterocycles. The molecule has 0 radical (unpaired) electrons. The molecular formula is C18H26N3OS+. The van der Waals surface area contributed by atoms with Gasteiger partial charge in [0.15, 0.2) is 0 Å². The van der Waals surface area contributed by atoms with Crippen LogP contribution in [0.4, 0.5) is 5.00 Å². The minimum atomic E-state index is 0.0613. The molecule has 124 valence electrons. The van der Waals surface area contributed by atoms with Crippen LogP contribution in [0.5, 0.6) is 0 Å². The second-order valence-electron chi connectivity index (χ2n) is 7.03. The van der Waals surface area contributed by atoms with Crippen molar-refractivity contribution in [3.05, 3.63) is 16.0 Å². The number of nitrogens with one attached hydrogen (secondary N) is 2. The highest BCUT2D eigenvalue weighted by Gasteiger charge is 2.25. The molecule has 1 amide bonds. The van der Waals surface area contributed by atoms with E-state index in [1.165, 1.54) is 42.8 Å². The zero-order valence-electron chi connectivity index (χ0n) is 13.9. The number of hydrogen-bond acceptors (Lipinski definition) is 3. The molecule has 2 aliphatic rings. The predicted molar refractivity (Wildman–Crippen MR) is 92.9 cm³/mol. The molecule has 1 aromatic rings. The van der Waals surface area contributed by atoms with Crippen LogP contribution in [0.1, 0.15) is 55.0 Å². The molecule has 0 saturated carbocycles. The van der Waals surface area contributed by atoms with Crippen LogP contribution in [-0.4, -0.2) is 25.5 Å². The van der Waals surface area contributed by atoms with E-state index >= 15 is 0 Å². The summed E-state index contributed by atoms with van der Waals surface area (Å²) in [6.07, 6.45) is 7.62. The Labute approximate surface area is 142 Å². The standard InChI is InChI=1S/C18H25N3OS/c1-13-5-6-14-15(12-19)18(23-16(14)11-13)20-17(22)7-10-21-8-3-2-4-9-21/h13H,2-11H2,1H3,(H,20,22)/p+1/t13-/m1/s1. The second kappa shape index (κ2) is 7.46. The summed E-state index contributed by atoms with van der Waals surface area (Å²) >= 11 is 1.62. The number of carbonyl (C=O) groups excluding carboxylic acids is 1. The van der Waals surface area contributed by atoms with Gasteiger partial charge < -0.3 is 10.2 Å². The maximum Gasteiger partial charge on any atom is 0.230 e. The van der Waals surface area contributed by atoms with Crippen molar-refractivity contribution in [3.8, 4) is 6.07 Å². The minimum absolute atomic E-state index is 0.0613. The van der Waals surface area contributed by atoms with E-state index in [9.17, 15) is 10.1 Å². The van der Waals surface area contributed by atoms with Crippen molar-refractivity contribution in [2.24, 2.45) is 5.92 Å². The number of anilines is 1. The van der Waals surface area contributed by atoms with E-state index in [2.05, 4.69) is 18.3 Å². The summed E-state index contributed by atoms with van der Waals surface area (Å²) in [5.74, 6) is 0.741. The summed E-state index contributed by atoms with van der Waals surface area (Å²) in [7, 11) is 0. The number of nitrogens with zero attached hydrogens (tertiary/aromatic N) is 1. The zero-order valence-corrected chi connectivity index (χ0v) is 14.7. The summed E-state index contributed by atoms with van der Waals surface area (Å²) < 4.78 is 0. The Kier molecular flexibility index (Phi) is 5.34. The van der Waals surface area contributed by atoms with Gasteiger partial charge >= 0.3 is 0 Å². The molecule has 1 saturated heterocycles. The fraction of sp³-hybridized carbons (Fsp3) is 0.667. The van der Waals surface area contributed by atoms with E-state index in [0.29, 0.717) is 12.3 Å². The predicted octanol–water partition coefficient (Wildman–Crippen LogP) is 2.14. The molecule has 0 aromatic carbocycles. The first kappa shape index (κ1) is 16.5. The van der Waals surface area contributed by atoms with E-state index in [-0.39, 0.29) is 5.91 Å². The number of hydrogen-bond donors (Lipinski definition) is 2. The van der Waals surface area contributed by atoms with E-state index < -0.39 is 0 Å². The van der Waals surface area contributed by atoms with Gasteiger partial charge in [-0.2, -0.15) is 5.26 Å². The molecule has 4 nitrogen and oxygen atoms in total. The lowest BCUT2D eigenvalue weighted by Gasteiger charge is -2.23. The van der Waals surface area contributed by atoms with Crippen molar-refractivity contribution < 1.29 is 9.69 Å². The maximum atomic E-state index is 12.3. The third kappa shape index (κ3) is 3.94. The molecule has 1 aromatic heterocycles. The number of likely N-dealkylation sites (tertiary alicyclic amines) is 1. The van der Waals surface area contributed by atoms with E-state index in [1.54, 1.807) is 16.2 Å². The van der Waals surface area contributed by atoms with Crippen LogP contribution in [0.15, 0.2) is 0 Å². The van der Waals surface area contributed by atoms with Crippen LogP contribution in [0.25, 0.3) is 0 Å². The Morgan fingerprint density at radius 1 is 1.39 bits per heavy atom. The van der Waals surface area contributed by atoms with Crippen molar-refractivity contribution in [1.29, 1.82) is 5.26 Å². The molecule has 1 aliphatic carbocycles. The summed E-state index contributed by atoms with van der Waals surface area (Å²) in [4.78, 5) is 15.1. The molecule has 0 bridgehead atoms. The molecule has 3 rings (SSSR count). The van der Waals surface area contributed by atoms with Crippen molar-refractivity contribution in [2.45, 2.75) is 51.9 Å². The van der Waals surface area contributed by atoms with Crippen LogP contribution in [0.3, 0.4) is 0 Å². The van der Waals surface area contributed by atoms with E-state index in [4.69, 9.17) is 0 Å². The van der Waals surface area contributed by atoms with Gasteiger partial charge in [-0.1, -0.05) is 6.92 Å². The van der Waals surface area contributed by atoms with Crippen LogP contribution in [-0.2, 0) is 17.6 Å². The van der Waals surface area contributed by atoms with Crippen LogP contribution in [0.2, 0.25) is 0 Å². The van der Waals surface area contributed by atoms with Gasteiger partial charge in [0, 0.05) is 4.88 Å². The molecule has 2 heterocycles. The number of carbonyl (C=O) groups is 1. The van der Waals surface area contributed by atoms with Crippen molar-refractivity contribution in [1.82, 2.24) is 0 Å². The zero-order chi connectivity index (χ0) is 16.2. The second-order valence-corrected chi connectivity index (χ2v) is 8.13. The Morgan fingerprint density at radius 3 is 2.91 bits per heavy atom. The SMILES string of the molecule is C[C@@H]1CCc2c(sc(NC(=O)CC[NH+]3CCCCC3)c2C#N)C1. The third-order valence-corrected chi connectivity index (χ3v) is 6.31. The number of nitriles is 1. The van der Waals surface area contributed by atoms with Gasteiger partial charge in [0.05, 0.1) is 31.6 Å². The fourth-order valence-corrected chi connectivity index (χ4v) is 5.12. The molecule has 0 spiro atoms. The van der Waals surface area contributed by atoms with Crippen molar-refractivity contribution >= 4 is 22.2 Å². The summed E-state index contributed by atoms with van der Waals surface area (Å²) in [5.41, 5.74) is 1.91. The van der Waals surface area contributed by atoms with Gasteiger partial charge in [0.2, 0.25) is 5.91 Å². The average Bonchev–Trinajstić information content (AvgIpc) is 2.89. The molecule has 1 fully saturated rings. The topological polar surface area (TPSA) is 57.3 Å². The lowest BCUT2D eigenvalue weighted by Crippen LogP contribution is -3.12. The molecule has 2 N–H and O–H groups in total. The van der Waals surface area contributed by atoms with Crippen molar-refractivity contribution in [3.63, 3.8) is 0 Å². The van der Waals surface area contributed by atoms with E-state index in [0.717, 1.165) is 36.4 Å². The first-order valence-electron chi connectivity index (χ1n) is 8.85. The normalized spacial score (nSPS) is 21.5. The molecule has 1 atom stereocenters. The molecule has 5 heteroatoms. The van der Waals surface area contributed by atoms with Gasteiger partial charge in [-0.25, -0.2) is 0 Å². The van der Waals surface area contributed by atoms with Gasteiger partial charge in [-0.15, -0.1) is 11.3 Å². The highest BCUT2D eigenvalue weighted by molar-refractivity contribution is 7.16. The smallest absolute Gasteiger partial charge is 0.230 e. The lowest BCUT2D eigenvalue weighted by molar-refractivity contribution is -0.904.